The fourth-order valence-corrected chi connectivity index (χ4v) is 1.85. The van der Waals surface area contributed by atoms with Crippen LogP contribution in [0.15, 0.2) is 12.1 Å². The molecule has 0 saturated heterocycles. The molecule has 0 unspecified atom stereocenters. The van der Waals surface area contributed by atoms with E-state index < -0.39 is 0 Å². The zero-order valence-corrected chi connectivity index (χ0v) is 13.0. The van der Waals surface area contributed by atoms with Crippen LogP contribution in [-0.4, -0.2) is 25.7 Å². The van der Waals surface area contributed by atoms with E-state index in [0.29, 0.717) is 35.1 Å². The fraction of sp³-hybridized carbons (Fsp3) is 0.500. The lowest BCUT2D eigenvalue weighted by molar-refractivity contribution is -0.116. The van der Waals surface area contributed by atoms with Crippen molar-refractivity contribution in [3.05, 3.63) is 17.2 Å². The summed E-state index contributed by atoms with van der Waals surface area (Å²) < 4.78 is 10.3. The summed E-state index contributed by atoms with van der Waals surface area (Å²) in [5.74, 6) is 0.847. The van der Waals surface area contributed by atoms with Gasteiger partial charge in [-0.2, -0.15) is 0 Å². The minimum absolute atomic E-state index is 0.136. The lowest BCUT2D eigenvalue weighted by atomic mass is 10.00. The molecule has 0 radical (unpaired) electrons. The smallest absolute Gasteiger partial charge is 0.224 e. The molecule has 0 spiro atoms. The molecular formula is C14H21ClN2O3. The van der Waals surface area contributed by atoms with Crippen molar-refractivity contribution in [1.82, 2.24) is 0 Å². The number of carbonyl (C=O) groups is 1. The number of ether oxygens (including phenoxy) is 2. The predicted molar refractivity (Wildman–Crippen MR) is 80.7 cm³/mol. The Hall–Kier alpha value is -1.46. The number of nitrogens with one attached hydrogen (secondary N) is 1. The number of nitrogens with two attached hydrogens (primary N) is 1. The highest BCUT2D eigenvalue weighted by molar-refractivity contribution is 6.32. The first-order valence-corrected chi connectivity index (χ1v) is 6.65. The van der Waals surface area contributed by atoms with Crippen LogP contribution >= 0.6 is 11.6 Å². The average Bonchev–Trinajstić information content (AvgIpc) is 2.36. The van der Waals surface area contributed by atoms with Gasteiger partial charge >= 0.3 is 0 Å². The van der Waals surface area contributed by atoms with Crippen LogP contribution in [-0.2, 0) is 4.79 Å². The van der Waals surface area contributed by atoms with E-state index in [1.165, 1.54) is 14.2 Å². The minimum atomic E-state index is -0.376. The summed E-state index contributed by atoms with van der Waals surface area (Å²) in [5.41, 5.74) is 5.99. The molecule has 1 rings (SSSR count). The maximum atomic E-state index is 11.9. The average molecular weight is 301 g/mol. The lowest BCUT2D eigenvalue weighted by Crippen LogP contribution is -2.33. The second kappa shape index (κ2) is 6.81. The summed E-state index contributed by atoms with van der Waals surface area (Å²) in [6.07, 6.45) is 0.918. The van der Waals surface area contributed by atoms with Crippen molar-refractivity contribution >= 4 is 23.2 Å². The first kappa shape index (κ1) is 16.6. The van der Waals surface area contributed by atoms with E-state index in [-0.39, 0.29) is 11.4 Å². The topological polar surface area (TPSA) is 73.6 Å². The second-order valence-corrected chi connectivity index (χ2v) is 5.63. The van der Waals surface area contributed by atoms with Crippen LogP contribution in [0.1, 0.15) is 26.7 Å². The van der Waals surface area contributed by atoms with Crippen LogP contribution in [0.2, 0.25) is 5.02 Å². The van der Waals surface area contributed by atoms with Crippen molar-refractivity contribution in [3.63, 3.8) is 0 Å². The molecule has 112 valence electrons. The van der Waals surface area contributed by atoms with Crippen molar-refractivity contribution in [3.8, 4) is 11.5 Å². The number of hydrogen-bond acceptors (Lipinski definition) is 4. The third-order valence-corrected chi connectivity index (χ3v) is 3.04. The summed E-state index contributed by atoms with van der Waals surface area (Å²) in [5, 5.41) is 3.17. The number of anilines is 1. The van der Waals surface area contributed by atoms with E-state index in [9.17, 15) is 4.79 Å². The Bertz CT molecular complexity index is 484. The molecule has 20 heavy (non-hydrogen) atoms. The molecule has 0 saturated carbocycles. The van der Waals surface area contributed by atoms with Crippen molar-refractivity contribution in [2.24, 2.45) is 5.73 Å². The van der Waals surface area contributed by atoms with Crippen LogP contribution in [0.5, 0.6) is 11.5 Å². The second-order valence-electron chi connectivity index (χ2n) is 5.22. The zero-order valence-electron chi connectivity index (χ0n) is 12.2. The van der Waals surface area contributed by atoms with Gasteiger partial charge in [0.2, 0.25) is 5.91 Å². The molecule has 0 bridgehead atoms. The Morgan fingerprint density at radius 2 is 1.90 bits per heavy atom. The number of rotatable bonds is 6. The summed E-state index contributed by atoms with van der Waals surface area (Å²) in [7, 11) is 3.03. The maximum Gasteiger partial charge on any atom is 0.224 e. The highest BCUT2D eigenvalue weighted by Crippen LogP contribution is 2.35. The zero-order chi connectivity index (χ0) is 15.3. The van der Waals surface area contributed by atoms with Crippen molar-refractivity contribution in [2.45, 2.75) is 32.2 Å². The van der Waals surface area contributed by atoms with Gasteiger partial charge in [-0.15, -0.1) is 0 Å². The van der Waals surface area contributed by atoms with Gasteiger partial charge in [0.25, 0.3) is 0 Å². The van der Waals surface area contributed by atoms with E-state index in [4.69, 9.17) is 26.8 Å². The molecule has 0 aromatic heterocycles. The van der Waals surface area contributed by atoms with Crippen molar-refractivity contribution in [2.75, 3.05) is 19.5 Å². The fourth-order valence-electron chi connectivity index (χ4n) is 1.61. The summed E-state index contributed by atoms with van der Waals surface area (Å²) >= 11 is 6.04. The normalized spacial score (nSPS) is 11.1. The third-order valence-electron chi connectivity index (χ3n) is 2.74. The highest BCUT2D eigenvalue weighted by Gasteiger charge is 2.16. The Labute approximate surface area is 124 Å². The molecule has 0 aliphatic rings. The Kier molecular flexibility index (Phi) is 5.65. The van der Waals surface area contributed by atoms with Gasteiger partial charge < -0.3 is 20.5 Å². The number of carbonyl (C=O) groups excluding carboxylic acids is 1. The first-order chi connectivity index (χ1) is 9.26. The van der Waals surface area contributed by atoms with Crippen LogP contribution in [0.25, 0.3) is 0 Å². The van der Waals surface area contributed by atoms with Crippen molar-refractivity contribution in [1.29, 1.82) is 0 Å². The van der Waals surface area contributed by atoms with Crippen LogP contribution in [0, 0.1) is 0 Å². The molecule has 0 aliphatic heterocycles. The summed E-state index contributed by atoms with van der Waals surface area (Å²) in [6.45, 7) is 3.76. The Morgan fingerprint density at radius 1 is 1.30 bits per heavy atom. The largest absolute Gasteiger partial charge is 0.495 e. The molecule has 0 atom stereocenters. The Morgan fingerprint density at radius 3 is 2.40 bits per heavy atom. The first-order valence-electron chi connectivity index (χ1n) is 6.27. The number of methoxy groups -OCH3 is 2. The number of benzene rings is 1. The van der Waals surface area contributed by atoms with E-state index in [1.807, 2.05) is 13.8 Å². The molecule has 5 nitrogen and oxygen atoms in total. The third kappa shape index (κ3) is 4.90. The lowest BCUT2D eigenvalue weighted by Gasteiger charge is -2.18. The molecule has 1 aromatic rings. The standard InChI is InChI=1S/C14H21ClN2O3/c1-14(2,16)6-5-13(18)17-10-7-9(15)11(19-3)8-12(10)20-4/h7-8H,5-6,16H2,1-4H3,(H,17,18). The molecule has 0 aliphatic carbocycles. The van der Waals surface area contributed by atoms with E-state index in [0.717, 1.165) is 0 Å². The molecule has 3 N–H and O–H groups in total. The molecule has 0 fully saturated rings. The van der Waals surface area contributed by atoms with Gasteiger partial charge in [0.05, 0.1) is 24.9 Å². The van der Waals surface area contributed by atoms with Gasteiger partial charge in [-0.05, 0) is 26.3 Å². The number of hydrogen-bond donors (Lipinski definition) is 2. The van der Waals surface area contributed by atoms with Gasteiger partial charge in [-0.1, -0.05) is 11.6 Å². The van der Waals surface area contributed by atoms with Crippen LogP contribution < -0.4 is 20.5 Å². The molecule has 1 amide bonds. The monoisotopic (exact) mass is 300 g/mol. The predicted octanol–water partition coefficient (Wildman–Crippen LogP) is 2.81. The van der Waals surface area contributed by atoms with Crippen LogP contribution in [0.4, 0.5) is 5.69 Å². The van der Waals surface area contributed by atoms with Crippen molar-refractivity contribution < 1.29 is 14.3 Å². The number of halogens is 1. The molecule has 0 heterocycles. The van der Waals surface area contributed by atoms with Crippen LogP contribution in [0.3, 0.4) is 0 Å². The van der Waals surface area contributed by atoms with E-state index in [1.54, 1.807) is 12.1 Å². The van der Waals surface area contributed by atoms with E-state index >= 15 is 0 Å². The van der Waals surface area contributed by atoms with E-state index in [2.05, 4.69) is 5.32 Å². The summed E-state index contributed by atoms with van der Waals surface area (Å²) in [4.78, 5) is 11.9. The Balaban J connectivity index is 2.81. The van der Waals surface area contributed by atoms with Gasteiger partial charge in [0, 0.05) is 18.0 Å². The maximum absolute atomic E-state index is 11.9. The molecule has 1 aromatic carbocycles. The van der Waals surface area contributed by atoms with Gasteiger partial charge in [0.1, 0.15) is 11.5 Å². The number of amides is 1. The quantitative estimate of drug-likeness (QED) is 0.847. The molecule has 6 heteroatoms. The highest BCUT2D eigenvalue weighted by atomic mass is 35.5. The minimum Gasteiger partial charge on any atom is -0.495 e. The van der Waals surface area contributed by atoms with Gasteiger partial charge in [0.15, 0.2) is 0 Å². The van der Waals surface area contributed by atoms with Gasteiger partial charge in [-0.3, -0.25) is 4.79 Å². The SMILES string of the molecule is COc1cc(OC)c(NC(=O)CCC(C)(C)N)cc1Cl. The summed E-state index contributed by atoms with van der Waals surface area (Å²) in [6, 6.07) is 3.23. The van der Waals surface area contributed by atoms with Gasteiger partial charge in [-0.25, -0.2) is 0 Å². The molecular weight excluding hydrogens is 280 g/mol.